The number of allylic oxidation sites excluding steroid dienone is 14. The minimum Gasteiger partial charge on any atom is -0.462 e. The minimum atomic E-state index is -0.802. The Kier molecular flexibility index (Phi) is 66.2. The Morgan fingerprint density at radius 1 is 0.259 bits per heavy atom. The van der Waals surface area contributed by atoms with E-state index in [9.17, 15) is 14.4 Å². The molecule has 1 atom stereocenters. The van der Waals surface area contributed by atoms with Gasteiger partial charge >= 0.3 is 17.9 Å². The Balaban J connectivity index is 4.32. The van der Waals surface area contributed by atoms with Crippen LogP contribution in [0.25, 0.3) is 0 Å². The fraction of sp³-hybridized carbons (Fsp3) is 0.773. The van der Waals surface area contributed by atoms with Gasteiger partial charge in [0.25, 0.3) is 0 Å². The summed E-state index contributed by atoms with van der Waals surface area (Å²) in [6.07, 6.45) is 91.9. The standard InChI is InChI=1S/C75H132O6/c1-4-7-10-13-16-19-22-25-28-30-32-34-35-36-37-38-39-41-42-44-47-50-53-56-59-62-65-68-74(77)80-71-72(70-79-73(76)67-64-61-58-55-52-49-46-27-24-21-18-15-12-9-6-3)81-75(78)69-66-63-60-57-54-51-48-45-43-40-33-31-29-26-23-20-17-14-11-8-5-2/h9,12,18,21,23,26-27,31,33,43,45-46,52,55,72H,4-8,10-11,13-17,19-20,22,24-25,28-30,32,34-42,44,47-51,53-54,56-71H2,1-3H3/b12-9-,21-18-,26-23-,33-31-,45-43-,46-27-,55-52-. The molecule has 468 valence electrons. The van der Waals surface area contributed by atoms with Gasteiger partial charge in [-0.05, 0) is 96.3 Å². The van der Waals surface area contributed by atoms with Crippen molar-refractivity contribution in [3.63, 3.8) is 0 Å². The van der Waals surface area contributed by atoms with Crippen molar-refractivity contribution in [3.8, 4) is 0 Å². The Hall–Kier alpha value is -3.41. The number of hydrogen-bond donors (Lipinski definition) is 0. The van der Waals surface area contributed by atoms with E-state index in [2.05, 4.69) is 106 Å². The van der Waals surface area contributed by atoms with Crippen LogP contribution in [0.1, 0.15) is 355 Å². The maximum absolute atomic E-state index is 12.9. The minimum absolute atomic E-state index is 0.0927. The van der Waals surface area contributed by atoms with Crippen molar-refractivity contribution < 1.29 is 28.6 Å². The molecule has 6 nitrogen and oxygen atoms in total. The van der Waals surface area contributed by atoms with Crippen molar-refractivity contribution in [2.45, 2.75) is 361 Å². The smallest absolute Gasteiger partial charge is 0.306 e. The van der Waals surface area contributed by atoms with Crippen LogP contribution in [0.3, 0.4) is 0 Å². The van der Waals surface area contributed by atoms with Crippen molar-refractivity contribution in [1.82, 2.24) is 0 Å². The molecule has 0 saturated heterocycles. The number of rotatable bonds is 64. The van der Waals surface area contributed by atoms with E-state index in [1.807, 2.05) is 0 Å². The summed E-state index contributed by atoms with van der Waals surface area (Å²) < 4.78 is 16.9. The molecule has 0 amide bonds. The fourth-order valence-electron chi connectivity index (χ4n) is 10.2. The molecule has 81 heavy (non-hydrogen) atoms. The predicted molar refractivity (Wildman–Crippen MR) is 353 cm³/mol. The van der Waals surface area contributed by atoms with E-state index in [1.54, 1.807) is 0 Å². The third kappa shape index (κ3) is 67.3. The molecule has 0 spiro atoms. The third-order valence-electron chi connectivity index (χ3n) is 15.4. The summed E-state index contributed by atoms with van der Waals surface area (Å²) in [7, 11) is 0. The molecule has 1 unspecified atom stereocenters. The molecular weight excluding hydrogens is 997 g/mol. The van der Waals surface area contributed by atoms with Crippen LogP contribution in [0.2, 0.25) is 0 Å². The highest BCUT2D eigenvalue weighted by Gasteiger charge is 2.19. The van der Waals surface area contributed by atoms with Gasteiger partial charge < -0.3 is 14.2 Å². The number of unbranched alkanes of at least 4 members (excludes halogenated alkanes) is 39. The molecule has 0 aliphatic carbocycles. The summed E-state index contributed by atoms with van der Waals surface area (Å²) in [5.41, 5.74) is 0. The van der Waals surface area contributed by atoms with Gasteiger partial charge in [-0.1, -0.05) is 324 Å². The molecule has 0 radical (unpaired) electrons. The van der Waals surface area contributed by atoms with Gasteiger partial charge in [0.2, 0.25) is 0 Å². The van der Waals surface area contributed by atoms with Gasteiger partial charge in [0.05, 0.1) is 0 Å². The molecule has 0 fully saturated rings. The number of hydrogen-bond acceptors (Lipinski definition) is 6. The van der Waals surface area contributed by atoms with Crippen molar-refractivity contribution in [1.29, 1.82) is 0 Å². The van der Waals surface area contributed by atoms with Gasteiger partial charge in [-0.15, -0.1) is 0 Å². The van der Waals surface area contributed by atoms with Crippen LogP contribution in [-0.2, 0) is 28.6 Å². The molecule has 0 heterocycles. The molecule has 0 aliphatic rings. The van der Waals surface area contributed by atoms with E-state index in [1.165, 1.54) is 205 Å². The zero-order valence-electron chi connectivity index (χ0n) is 53.8. The highest BCUT2D eigenvalue weighted by molar-refractivity contribution is 5.71. The average Bonchev–Trinajstić information content (AvgIpc) is 3.47. The lowest BCUT2D eigenvalue weighted by Gasteiger charge is -2.18. The van der Waals surface area contributed by atoms with Crippen molar-refractivity contribution >= 4 is 17.9 Å². The Morgan fingerprint density at radius 2 is 0.481 bits per heavy atom. The van der Waals surface area contributed by atoms with E-state index >= 15 is 0 Å². The summed E-state index contributed by atoms with van der Waals surface area (Å²) in [5, 5.41) is 0. The monoisotopic (exact) mass is 1130 g/mol. The summed E-state index contributed by atoms with van der Waals surface area (Å²) >= 11 is 0. The highest BCUT2D eigenvalue weighted by atomic mass is 16.6. The zero-order chi connectivity index (χ0) is 58.5. The first-order valence-electron chi connectivity index (χ1n) is 35.1. The van der Waals surface area contributed by atoms with E-state index in [0.29, 0.717) is 19.3 Å². The van der Waals surface area contributed by atoms with Gasteiger partial charge in [-0.2, -0.15) is 0 Å². The van der Waals surface area contributed by atoms with Crippen molar-refractivity contribution in [3.05, 3.63) is 85.1 Å². The fourth-order valence-corrected chi connectivity index (χ4v) is 10.2. The quantitative estimate of drug-likeness (QED) is 0.0261. The Bertz CT molecular complexity index is 1530. The van der Waals surface area contributed by atoms with Crippen molar-refractivity contribution in [2.24, 2.45) is 0 Å². The van der Waals surface area contributed by atoms with E-state index in [4.69, 9.17) is 14.2 Å². The van der Waals surface area contributed by atoms with Crippen LogP contribution in [0, 0.1) is 0 Å². The normalized spacial score (nSPS) is 12.6. The summed E-state index contributed by atoms with van der Waals surface area (Å²) in [4.78, 5) is 38.4. The molecule has 0 bridgehead atoms. The zero-order valence-corrected chi connectivity index (χ0v) is 53.8. The second kappa shape index (κ2) is 69.1. The van der Waals surface area contributed by atoms with E-state index in [-0.39, 0.29) is 31.1 Å². The number of carbonyl (C=O) groups excluding carboxylic acids is 3. The molecule has 0 rings (SSSR count). The van der Waals surface area contributed by atoms with Crippen LogP contribution in [0.5, 0.6) is 0 Å². The number of ether oxygens (including phenoxy) is 3. The summed E-state index contributed by atoms with van der Waals surface area (Å²) in [6.45, 7) is 6.52. The Morgan fingerprint density at radius 3 is 0.778 bits per heavy atom. The molecule has 0 aromatic carbocycles. The van der Waals surface area contributed by atoms with E-state index < -0.39 is 6.10 Å². The topological polar surface area (TPSA) is 78.9 Å². The van der Waals surface area contributed by atoms with Crippen LogP contribution < -0.4 is 0 Å². The lowest BCUT2D eigenvalue weighted by molar-refractivity contribution is -0.167. The molecule has 0 N–H and O–H groups in total. The summed E-state index contributed by atoms with van der Waals surface area (Å²) in [6, 6.07) is 0. The SMILES string of the molecule is CC/C=C\C/C=C\C/C=C\C/C=C\CCCCC(=O)OCC(COC(=O)CCCCCCCCCCCCCCCCCCCCCCCCCCCCC)OC(=O)CCCCCCCC/C=C\C/C=C\C/C=C\CCCCCCC. The first-order chi connectivity index (χ1) is 40.0. The number of carbonyl (C=O) groups is 3. The van der Waals surface area contributed by atoms with Gasteiger partial charge in [-0.3, -0.25) is 14.4 Å². The molecule has 0 saturated carbocycles. The predicted octanol–water partition coefficient (Wildman–Crippen LogP) is 24.2. The largest absolute Gasteiger partial charge is 0.462 e. The first-order valence-corrected chi connectivity index (χ1v) is 35.1. The van der Waals surface area contributed by atoms with Crippen LogP contribution in [0.4, 0.5) is 0 Å². The van der Waals surface area contributed by atoms with E-state index in [0.717, 1.165) is 109 Å². The highest BCUT2D eigenvalue weighted by Crippen LogP contribution is 2.18. The van der Waals surface area contributed by atoms with Crippen molar-refractivity contribution in [2.75, 3.05) is 13.2 Å². The molecular formula is C75H132O6. The first kappa shape index (κ1) is 77.6. The van der Waals surface area contributed by atoms with Gasteiger partial charge in [-0.25, -0.2) is 0 Å². The lowest BCUT2D eigenvalue weighted by atomic mass is 10.0. The second-order valence-corrected chi connectivity index (χ2v) is 23.4. The van der Waals surface area contributed by atoms with Gasteiger partial charge in [0.15, 0.2) is 6.10 Å². The Labute approximate surface area is 503 Å². The van der Waals surface area contributed by atoms with Crippen LogP contribution in [-0.4, -0.2) is 37.2 Å². The molecule has 0 aromatic rings. The number of esters is 3. The third-order valence-corrected chi connectivity index (χ3v) is 15.4. The molecule has 0 aliphatic heterocycles. The summed E-state index contributed by atoms with van der Waals surface area (Å²) in [5.74, 6) is -0.932. The molecule has 6 heteroatoms. The average molecular weight is 1130 g/mol. The van der Waals surface area contributed by atoms with Crippen LogP contribution in [0.15, 0.2) is 85.1 Å². The molecule has 0 aromatic heterocycles. The van der Waals surface area contributed by atoms with Gasteiger partial charge in [0, 0.05) is 19.3 Å². The maximum Gasteiger partial charge on any atom is 0.306 e. The lowest BCUT2D eigenvalue weighted by Crippen LogP contribution is -2.30. The van der Waals surface area contributed by atoms with Crippen LogP contribution >= 0.6 is 0 Å². The second-order valence-electron chi connectivity index (χ2n) is 23.4. The van der Waals surface area contributed by atoms with Gasteiger partial charge in [0.1, 0.15) is 13.2 Å². The maximum atomic E-state index is 12.9.